The van der Waals surface area contributed by atoms with Crippen molar-refractivity contribution in [3.8, 4) is 0 Å². The van der Waals surface area contributed by atoms with Gasteiger partial charge in [0.05, 0.1) is 27.3 Å². The number of unbranched alkanes of at least 4 members (excludes halogenated alkanes) is 12. The van der Waals surface area contributed by atoms with E-state index in [4.69, 9.17) is 19.6 Å². The molecule has 0 spiro atoms. The van der Waals surface area contributed by atoms with E-state index in [1.54, 1.807) is 24.3 Å². The largest absolute Gasteiger partial charge is 0.373 e. The predicted octanol–water partition coefficient (Wildman–Crippen LogP) is 9.46. The smallest absolute Gasteiger partial charge is 0.290 e. The number of rotatable bonds is 22. The second kappa shape index (κ2) is 20.0. The van der Waals surface area contributed by atoms with Gasteiger partial charge in [-0.25, -0.2) is 9.59 Å². The van der Waals surface area contributed by atoms with Gasteiger partial charge in [-0.15, -0.1) is 9.78 Å². The summed E-state index contributed by atoms with van der Waals surface area (Å²) in [6.45, 7) is 15.8. The standard InChI is InChI=1S/C36H58O6Si2/c1-8-9-10-11-12-13-14-15-16-17-18-19-20-21-34(39-41-35(37)30-22-26-32(27-23-30)43(2,3)4)40-42-36(38)31-24-28-33(29-25-31)44(5,6)7/h22-29,34H,8-21H2,1-7H3. The van der Waals surface area contributed by atoms with Crippen molar-refractivity contribution in [2.45, 2.75) is 142 Å². The van der Waals surface area contributed by atoms with Crippen LogP contribution in [-0.2, 0) is 19.6 Å². The highest BCUT2D eigenvalue weighted by Gasteiger charge is 2.22. The SMILES string of the molecule is CCCCCCCCCCCCCCCC(OOC(=O)c1ccc([Si](C)(C)C)cc1)OOC(=O)c1ccc([Si](C)(C)C)cc1. The first-order chi connectivity index (χ1) is 20.9. The first-order valence-corrected chi connectivity index (χ1v) is 23.9. The van der Waals surface area contributed by atoms with Gasteiger partial charge in [0, 0.05) is 6.42 Å². The Morgan fingerprint density at radius 2 is 0.841 bits per heavy atom. The minimum atomic E-state index is -1.48. The van der Waals surface area contributed by atoms with Crippen LogP contribution in [0.15, 0.2) is 48.5 Å². The molecule has 0 bridgehead atoms. The summed E-state index contributed by atoms with van der Waals surface area (Å²) in [4.78, 5) is 46.4. The second-order valence-electron chi connectivity index (χ2n) is 14.0. The molecule has 0 saturated heterocycles. The molecule has 0 unspecified atom stereocenters. The molecule has 0 aliphatic carbocycles. The Morgan fingerprint density at radius 3 is 1.16 bits per heavy atom. The zero-order valence-corrected chi connectivity index (χ0v) is 30.5. The third-order valence-corrected chi connectivity index (χ3v) is 12.1. The van der Waals surface area contributed by atoms with E-state index in [9.17, 15) is 9.59 Å². The van der Waals surface area contributed by atoms with Crippen molar-refractivity contribution in [2.24, 2.45) is 0 Å². The Hall–Kier alpha value is -2.27. The summed E-state index contributed by atoms with van der Waals surface area (Å²) < 4.78 is 0. The first kappa shape index (κ1) is 37.9. The van der Waals surface area contributed by atoms with Crippen LogP contribution in [0.5, 0.6) is 0 Å². The van der Waals surface area contributed by atoms with Crippen LogP contribution in [0, 0.1) is 0 Å². The van der Waals surface area contributed by atoms with Crippen LogP contribution < -0.4 is 10.4 Å². The molecule has 2 aromatic rings. The van der Waals surface area contributed by atoms with Gasteiger partial charge in [-0.3, -0.25) is 9.78 Å². The van der Waals surface area contributed by atoms with E-state index in [1.807, 2.05) is 24.3 Å². The van der Waals surface area contributed by atoms with Crippen LogP contribution in [0.2, 0.25) is 39.3 Å². The van der Waals surface area contributed by atoms with Crippen LogP contribution in [-0.4, -0.2) is 34.4 Å². The molecule has 0 N–H and O–H groups in total. The lowest BCUT2D eigenvalue weighted by atomic mass is 10.0. The number of hydrogen-bond acceptors (Lipinski definition) is 6. The third kappa shape index (κ3) is 15.1. The summed E-state index contributed by atoms with van der Waals surface area (Å²) in [7, 11) is -2.96. The van der Waals surface area contributed by atoms with E-state index in [0.29, 0.717) is 17.5 Å². The van der Waals surface area contributed by atoms with Gasteiger partial charge >= 0.3 is 11.9 Å². The van der Waals surface area contributed by atoms with Crippen LogP contribution in [0.4, 0.5) is 0 Å². The Kier molecular flexibility index (Phi) is 17.2. The van der Waals surface area contributed by atoms with Gasteiger partial charge in [0.25, 0.3) is 0 Å². The molecular weight excluding hydrogens is 585 g/mol. The lowest BCUT2D eigenvalue weighted by molar-refractivity contribution is -0.421. The molecule has 246 valence electrons. The van der Waals surface area contributed by atoms with E-state index < -0.39 is 34.4 Å². The summed E-state index contributed by atoms with van der Waals surface area (Å²) in [6, 6.07) is 14.9. The summed E-state index contributed by atoms with van der Waals surface area (Å²) in [5.41, 5.74) is 0.789. The molecule has 0 radical (unpaired) electrons. The van der Waals surface area contributed by atoms with E-state index in [1.165, 1.54) is 74.6 Å². The van der Waals surface area contributed by atoms with Crippen molar-refractivity contribution < 1.29 is 29.1 Å². The van der Waals surface area contributed by atoms with Crippen LogP contribution in [0.3, 0.4) is 0 Å². The van der Waals surface area contributed by atoms with Crippen LogP contribution in [0.1, 0.15) is 118 Å². The van der Waals surface area contributed by atoms with Crippen molar-refractivity contribution >= 4 is 38.5 Å². The molecule has 0 aliphatic rings. The number of carbonyl (C=O) groups excluding carboxylic acids is 2. The van der Waals surface area contributed by atoms with Crippen molar-refractivity contribution in [2.75, 3.05) is 0 Å². The highest BCUT2D eigenvalue weighted by Crippen LogP contribution is 2.16. The normalized spacial score (nSPS) is 12.0. The Morgan fingerprint density at radius 1 is 0.523 bits per heavy atom. The van der Waals surface area contributed by atoms with Crippen LogP contribution in [0.25, 0.3) is 0 Å². The van der Waals surface area contributed by atoms with Gasteiger partial charge in [-0.05, 0) is 30.7 Å². The average molecular weight is 643 g/mol. The Labute approximate surface area is 269 Å². The van der Waals surface area contributed by atoms with Gasteiger partial charge in [0.15, 0.2) is 0 Å². The zero-order valence-electron chi connectivity index (χ0n) is 28.5. The molecule has 0 aromatic heterocycles. The lowest BCUT2D eigenvalue weighted by Crippen LogP contribution is -2.37. The van der Waals surface area contributed by atoms with Crippen molar-refractivity contribution in [3.63, 3.8) is 0 Å². The number of carbonyl (C=O) groups is 2. The minimum absolute atomic E-state index is 0.395. The fourth-order valence-electron chi connectivity index (χ4n) is 4.94. The molecule has 0 atom stereocenters. The highest BCUT2D eigenvalue weighted by atomic mass is 28.3. The van der Waals surface area contributed by atoms with Gasteiger partial charge in [-0.2, -0.15) is 0 Å². The fourth-order valence-corrected chi connectivity index (χ4v) is 7.28. The number of benzene rings is 2. The third-order valence-electron chi connectivity index (χ3n) is 7.98. The highest BCUT2D eigenvalue weighted by molar-refractivity contribution is 6.89. The predicted molar refractivity (Wildman–Crippen MR) is 186 cm³/mol. The van der Waals surface area contributed by atoms with Gasteiger partial charge in [0.2, 0.25) is 6.29 Å². The zero-order chi connectivity index (χ0) is 32.4. The van der Waals surface area contributed by atoms with Crippen molar-refractivity contribution in [1.82, 2.24) is 0 Å². The minimum Gasteiger partial charge on any atom is -0.290 e. The molecule has 0 amide bonds. The van der Waals surface area contributed by atoms with E-state index >= 15 is 0 Å². The first-order valence-electron chi connectivity index (χ1n) is 16.9. The van der Waals surface area contributed by atoms with Gasteiger partial charge < -0.3 is 0 Å². The molecule has 6 nitrogen and oxygen atoms in total. The van der Waals surface area contributed by atoms with E-state index in [2.05, 4.69) is 46.2 Å². The molecule has 0 fully saturated rings. The maximum Gasteiger partial charge on any atom is 0.373 e. The fraction of sp³-hybridized carbons (Fsp3) is 0.611. The van der Waals surface area contributed by atoms with Crippen LogP contribution >= 0.6 is 0 Å². The monoisotopic (exact) mass is 642 g/mol. The van der Waals surface area contributed by atoms with Crippen molar-refractivity contribution in [1.29, 1.82) is 0 Å². The molecule has 0 heterocycles. The molecule has 0 aliphatic heterocycles. The van der Waals surface area contributed by atoms with Gasteiger partial charge in [-0.1, -0.05) is 158 Å². The summed E-state index contributed by atoms with van der Waals surface area (Å²) in [5.74, 6) is -1.22. The number of hydrogen-bond donors (Lipinski definition) is 0. The lowest BCUT2D eigenvalue weighted by Gasteiger charge is -2.17. The van der Waals surface area contributed by atoms with Crippen molar-refractivity contribution in [3.05, 3.63) is 59.7 Å². The maximum absolute atomic E-state index is 12.7. The summed E-state index contributed by atoms with van der Waals surface area (Å²) in [5, 5.41) is 2.51. The summed E-state index contributed by atoms with van der Waals surface area (Å²) >= 11 is 0. The Balaban J connectivity index is 1.82. The Bertz CT molecular complexity index is 1010. The summed E-state index contributed by atoms with van der Waals surface area (Å²) in [6.07, 6.45) is 15.5. The quantitative estimate of drug-likeness (QED) is 0.0419. The second-order valence-corrected chi connectivity index (χ2v) is 24.2. The maximum atomic E-state index is 12.7. The topological polar surface area (TPSA) is 71.1 Å². The molecule has 0 saturated carbocycles. The van der Waals surface area contributed by atoms with Gasteiger partial charge in [0.1, 0.15) is 0 Å². The molecule has 2 rings (SSSR count). The molecule has 2 aromatic carbocycles. The molecule has 8 heteroatoms. The molecular formula is C36H58O6Si2. The molecule has 44 heavy (non-hydrogen) atoms. The average Bonchev–Trinajstić information content (AvgIpc) is 2.99. The van der Waals surface area contributed by atoms with E-state index in [-0.39, 0.29) is 0 Å². The van der Waals surface area contributed by atoms with E-state index in [0.717, 1.165) is 19.3 Å².